The molecular weight excluding hydrogens is 260 g/mol. The van der Waals surface area contributed by atoms with Crippen molar-refractivity contribution in [1.82, 2.24) is 0 Å². The zero-order valence-electron chi connectivity index (χ0n) is 8.04. The topological polar surface area (TPSA) is 57.9 Å². The van der Waals surface area contributed by atoms with Crippen molar-refractivity contribution in [2.45, 2.75) is 18.2 Å². The fraction of sp³-hybridized carbons (Fsp3) is 0.222. The van der Waals surface area contributed by atoms with Crippen LogP contribution < -0.4 is 0 Å². The number of hydrogen-bond donors (Lipinski definition) is 0. The van der Waals surface area contributed by atoms with Crippen LogP contribution in [0.4, 0.5) is 8.78 Å². The Bertz CT molecular complexity index is 564. The van der Waals surface area contributed by atoms with Gasteiger partial charge in [0.2, 0.25) is 0 Å². The van der Waals surface area contributed by atoms with Gasteiger partial charge in [-0.05, 0) is 24.6 Å². The maximum atomic E-state index is 12.6. The number of benzene rings is 1. The van der Waals surface area contributed by atoms with Crippen LogP contribution in [0.25, 0.3) is 0 Å². The summed E-state index contributed by atoms with van der Waals surface area (Å²) >= 11 is 0. The van der Waals surface area contributed by atoms with Crippen molar-refractivity contribution in [3.05, 3.63) is 28.8 Å². The number of alkyl halides is 2. The lowest BCUT2D eigenvalue weighted by atomic mass is 10.1. The van der Waals surface area contributed by atoms with Gasteiger partial charge in [0.05, 0.1) is 16.5 Å². The van der Waals surface area contributed by atoms with E-state index in [2.05, 4.69) is 0 Å². The average molecular weight is 266 g/mol. The van der Waals surface area contributed by atoms with Gasteiger partial charge in [0.15, 0.2) is 0 Å². The van der Waals surface area contributed by atoms with E-state index < -0.39 is 25.9 Å². The molecule has 0 aliphatic carbocycles. The molecule has 0 fully saturated rings. The summed E-state index contributed by atoms with van der Waals surface area (Å²) in [7, 11) is 0.746. The van der Waals surface area contributed by atoms with Crippen molar-refractivity contribution in [3.8, 4) is 6.07 Å². The van der Waals surface area contributed by atoms with Gasteiger partial charge in [-0.15, -0.1) is 0 Å². The molecule has 0 bridgehead atoms. The van der Waals surface area contributed by atoms with Gasteiger partial charge in [0, 0.05) is 16.2 Å². The van der Waals surface area contributed by atoms with Crippen molar-refractivity contribution in [1.29, 1.82) is 5.26 Å². The molecule has 1 rings (SSSR count). The number of hydrogen-bond acceptors (Lipinski definition) is 3. The molecular formula is C9H6ClF2NO2S. The standard InChI is InChI=1S/C9H6ClF2NO2S/c1-5-2-6(4-13)3-7(16(10,14)15)8(5)9(11)12/h2-3,9H,1H3. The third-order valence-electron chi connectivity index (χ3n) is 1.96. The minimum absolute atomic E-state index is 0.0216. The van der Waals surface area contributed by atoms with Gasteiger partial charge in [-0.3, -0.25) is 0 Å². The van der Waals surface area contributed by atoms with E-state index in [4.69, 9.17) is 15.9 Å². The van der Waals surface area contributed by atoms with Crippen molar-refractivity contribution < 1.29 is 17.2 Å². The quantitative estimate of drug-likeness (QED) is 0.773. The minimum atomic E-state index is -4.29. The van der Waals surface area contributed by atoms with E-state index in [0.717, 1.165) is 6.07 Å². The molecule has 3 nitrogen and oxygen atoms in total. The fourth-order valence-corrected chi connectivity index (χ4v) is 2.48. The Kier molecular flexibility index (Phi) is 3.51. The molecule has 1 aromatic rings. The van der Waals surface area contributed by atoms with Gasteiger partial charge in [-0.2, -0.15) is 5.26 Å². The molecule has 0 radical (unpaired) electrons. The second kappa shape index (κ2) is 4.36. The molecule has 0 heterocycles. The van der Waals surface area contributed by atoms with Crippen LogP contribution in [0, 0.1) is 18.3 Å². The summed E-state index contributed by atoms with van der Waals surface area (Å²) < 4.78 is 47.5. The van der Waals surface area contributed by atoms with Gasteiger partial charge in [0.1, 0.15) is 0 Å². The van der Waals surface area contributed by atoms with Crippen LogP contribution in [-0.4, -0.2) is 8.42 Å². The lowest BCUT2D eigenvalue weighted by Gasteiger charge is -2.09. The highest BCUT2D eigenvalue weighted by atomic mass is 35.7. The highest BCUT2D eigenvalue weighted by Crippen LogP contribution is 2.32. The van der Waals surface area contributed by atoms with Crippen LogP contribution in [0.15, 0.2) is 17.0 Å². The molecule has 0 N–H and O–H groups in total. The summed E-state index contributed by atoms with van der Waals surface area (Å²) in [6, 6.07) is 3.71. The first-order valence-corrected chi connectivity index (χ1v) is 6.35. The SMILES string of the molecule is Cc1cc(C#N)cc(S(=O)(=O)Cl)c1C(F)F. The molecule has 86 valence electrons. The van der Waals surface area contributed by atoms with Crippen molar-refractivity contribution in [2.24, 2.45) is 0 Å². The number of aryl methyl sites for hydroxylation is 1. The van der Waals surface area contributed by atoms with E-state index in [-0.39, 0.29) is 11.1 Å². The summed E-state index contributed by atoms with van der Waals surface area (Å²) in [6.07, 6.45) is -2.96. The third-order valence-corrected chi connectivity index (χ3v) is 3.32. The Morgan fingerprint density at radius 2 is 2.00 bits per heavy atom. The van der Waals surface area contributed by atoms with Gasteiger partial charge in [0.25, 0.3) is 15.5 Å². The molecule has 0 aromatic heterocycles. The molecule has 16 heavy (non-hydrogen) atoms. The minimum Gasteiger partial charge on any atom is -0.207 e. The first-order valence-electron chi connectivity index (χ1n) is 4.05. The highest BCUT2D eigenvalue weighted by molar-refractivity contribution is 8.13. The Labute approximate surface area is 95.7 Å². The van der Waals surface area contributed by atoms with Crippen LogP contribution in [0.1, 0.15) is 23.1 Å². The van der Waals surface area contributed by atoms with E-state index in [0.29, 0.717) is 0 Å². The first-order chi connectivity index (χ1) is 7.27. The average Bonchev–Trinajstić information content (AvgIpc) is 2.14. The first kappa shape index (κ1) is 12.9. The van der Waals surface area contributed by atoms with Crippen LogP contribution in [0.2, 0.25) is 0 Å². The van der Waals surface area contributed by atoms with E-state index in [1.807, 2.05) is 0 Å². The van der Waals surface area contributed by atoms with Gasteiger partial charge < -0.3 is 0 Å². The summed E-state index contributed by atoms with van der Waals surface area (Å²) in [4.78, 5) is -0.708. The van der Waals surface area contributed by atoms with E-state index >= 15 is 0 Å². The summed E-state index contributed by atoms with van der Waals surface area (Å²) in [5.74, 6) is 0. The number of nitrogens with zero attached hydrogens (tertiary/aromatic N) is 1. The predicted octanol–water partition coefficient (Wildman–Crippen LogP) is 2.73. The molecule has 0 saturated heterocycles. The monoisotopic (exact) mass is 265 g/mol. The fourth-order valence-electron chi connectivity index (χ4n) is 1.31. The van der Waals surface area contributed by atoms with Crippen molar-refractivity contribution >= 4 is 19.7 Å². The van der Waals surface area contributed by atoms with Crippen LogP contribution >= 0.6 is 10.7 Å². The van der Waals surface area contributed by atoms with E-state index in [1.165, 1.54) is 13.0 Å². The van der Waals surface area contributed by atoms with Gasteiger partial charge >= 0.3 is 0 Å². The molecule has 0 aliphatic heterocycles. The molecule has 0 unspecified atom stereocenters. The molecule has 0 aliphatic rings. The second-order valence-corrected chi connectivity index (χ2v) is 5.59. The molecule has 1 aromatic carbocycles. The summed E-state index contributed by atoms with van der Waals surface area (Å²) in [5.41, 5.74) is -0.664. The van der Waals surface area contributed by atoms with Crippen LogP contribution in [0.3, 0.4) is 0 Å². The van der Waals surface area contributed by atoms with Gasteiger partial charge in [-0.25, -0.2) is 17.2 Å². The van der Waals surface area contributed by atoms with Crippen LogP contribution in [0.5, 0.6) is 0 Å². The highest BCUT2D eigenvalue weighted by Gasteiger charge is 2.24. The van der Waals surface area contributed by atoms with E-state index in [1.54, 1.807) is 6.07 Å². The molecule has 0 spiro atoms. The molecule has 0 saturated carbocycles. The third kappa shape index (κ3) is 2.49. The lowest BCUT2D eigenvalue weighted by molar-refractivity contribution is 0.147. The smallest absolute Gasteiger partial charge is 0.207 e. The maximum absolute atomic E-state index is 12.6. The predicted molar refractivity (Wildman–Crippen MR) is 53.9 cm³/mol. The molecule has 0 atom stereocenters. The Morgan fingerprint density at radius 1 is 1.44 bits per heavy atom. The number of halogens is 3. The van der Waals surface area contributed by atoms with Crippen LogP contribution in [-0.2, 0) is 9.05 Å². The second-order valence-electron chi connectivity index (χ2n) is 3.06. The lowest BCUT2D eigenvalue weighted by Crippen LogP contribution is -2.02. The maximum Gasteiger partial charge on any atom is 0.265 e. The Balaban J connectivity index is 3.69. The molecule has 0 amide bonds. The zero-order chi connectivity index (χ0) is 12.5. The number of rotatable bonds is 2. The normalized spacial score (nSPS) is 11.5. The summed E-state index contributed by atoms with van der Waals surface area (Å²) in [5, 5.41) is 8.61. The zero-order valence-corrected chi connectivity index (χ0v) is 9.61. The number of nitriles is 1. The Morgan fingerprint density at radius 3 is 2.38 bits per heavy atom. The van der Waals surface area contributed by atoms with Gasteiger partial charge in [-0.1, -0.05) is 0 Å². The Hall–Kier alpha value is -1.19. The van der Waals surface area contributed by atoms with Crippen molar-refractivity contribution in [3.63, 3.8) is 0 Å². The summed E-state index contributed by atoms with van der Waals surface area (Å²) in [6.45, 7) is 1.30. The van der Waals surface area contributed by atoms with E-state index in [9.17, 15) is 17.2 Å². The van der Waals surface area contributed by atoms with Crippen molar-refractivity contribution in [2.75, 3.05) is 0 Å². The molecule has 7 heteroatoms. The largest absolute Gasteiger partial charge is 0.265 e.